The normalized spacial score (nSPS) is 13.4. The molecule has 2 aromatic rings. The van der Waals surface area contributed by atoms with Crippen LogP contribution in [0.25, 0.3) is 0 Å². The third-order valence-corrected chi connectivity index (χ3v) is 3.86. The van der Waals surface area contributed by atoms with Crippen LogP contribution in [0.4, 0.5) is 5.69 Å². The average molecular weight is 267 g/mol. The van der Waals surface area contributed by atoms with Gasteiger partial charge in [-0.2, -0.15) is 0 Å². The predicted molar refractivity (Wildman–Crippen MR) is 83.4 cm³/mol. The first kappa shape index (κ1) is 13.0. The maximum Gasteiger partial charge on any atom is 0.143 e. The van der Waals surface area contributed by atoms with Gasteiger partial charge >= 0.3 is 0 Å². The number of para-hydroxylation sites is 1. The van der Waals surface area contributed by atoms with Crippen molar-refractivity contribution in [1.29, 1.82) is 0 Å². The van der Waals surface area contributed by atoms with Gasteiger partial charge in [0.05, 0.1) is 5.69 Å². The number of hydrogen-bond donors (Lipinski definition) is 1. The molecular weight excluding hydrogens is 246 g/mol. The van der Waals surface area contributed by atoms with Crippen LogP contribution in [0.1, 0.15) is 30.0 Å². The number of anilines is 1. The lowest BCUT2D eigenvalue weighted by atomic mass is 10.0. The molecule has 1 aliphatic rings. The lowest BCUT2D eigenvalue weighted by molar-refractivity contribution is 0.307. The van der Waals surface area contributed by atoms with Crippen molar-refractivity contribution in [1.82, 2.24) is 0 Å². The van der Waals surface area contributed by atoms with Crippen molar-refractivity contribution in [2.75, 3.05) is 11.9 Å². The van der Waals surface area contributed by atoms with Gasteiger partial charge in [0.1, 0.15) is 12.4 Å². The molecule has 1 aliphatic heterocycles. The molecule has 2 heteroatoms. The quantitative estimate of drug-likeness (QED) is 0.897. The summed E-state index contributed by atoms with van der Waals surface area (Å²) < 4.78 is 6.00. The molecule has 0 aliphatic carbocycles. The lowest BCUT2D eigenvalue weighted by Gasteiger charge is -2.21. The predicted octanol–water partition coefficient (Wildman–Crippen LogP) is 4.19. The molecule has 0 aromatic heterocycles. The monoisotopic (exact) mass is 267 g/mol. The minimum absolute atomic E-state index is 0.627. The van der Waals surface area contributed by atoms with E-state index < -0.39 is 0 Å². The van der Waals surface area contributed by atoms with E-state index in [0.717, 1.165) is 25.1 Å². The van der Waals surface area contributed by atoms with Crippen molar-refractivity contribution >= 4 is 5.69 Å². The first-order chi connectivity index (χ1) is 9.86. The van der Waals surface area contributed by atoms with Gasteiger partial charge in [-0.1, -0.05) is 43.3 Å². The molecule has 0 saturated heterocycles. The smallest absolute Gasteiger partial charge is 0.143 e. The molecule has 1 heterocycles. The fraction of sp³-hybridized carbons (Fsp3) is 0.333. The summed E-state index contributed by atoms with van der Waals surface area (Å²) in [6.07, 6.45) is 3.43. The molecule has 2 aromatic carbocycles. The Morgan fingerprint density at radius 3 is 2.65 bits per heavy atom. The van der Waals surface area contributed by atoms with E-state index >= 15 is 0 Å². The topological polar surface area (TPSA) is 21.3 Å². The van der Waals surface area contributed by atoms with Gasteiger partial charge in [0.2, 0.25) is 0 Å². The van der Waals surface area contributed by atoms with E-state index in [4.69, 9.17) is 4.74 Å². The second-order valence-corrected chi connectivity index (χ2v) is 5.28. The average Bonchev–Trinajstić information content (AvgIpc) is 2.53. The molecule has 0 spiro atoms. The number of fused-ring (bicyclic) bond motifs is 1. The summed E-state index contributed by atoms with van der Waals surface area (Å²) in [6.45, 7) is 3.84. The van der Waals surface area contributed by atoms with Gasteiger partial charge in [-0.15, -0.1) is 0 Å². The van der Waals surface area contributed by atoms with E-state index in [1.165, 1.54) is 28.8 Å². The molecule has 0 unspecified atom stereocenters. The number of ether oxygens (including phenoxy) is 1. The molecule has 0 fully saturated rings. The summed E-state index contributed by atoms with van der Waals surface area (Å²) in [7, 11) is 0. The minimum atomic E-state index is 0.627. The number of rotatable bonds is 4. The van der Waals surface area contributed by atoms with Crippen LogP contribution in [0.3, 0.4) is 0 Å². The highest BCUT2D eigenvalue weighted by molar-refractivity contribution is 5.63. The van der Waals surface area contributed by atoms with E-state index in [9.17, 15) is 0 Å². The second kappa shape index (κ2) is 6.00. The summed E-state index contributed by atoms with van der Waals surface area (Å²) in [4.78, 5) is 0. The van der Waals surface area contributed by atoms with Crippen molar-refractivity contribution in [2.24, 2.45) is 0 Å². The van der Waals surface area contributed by atoms with Gasteiger partial charge < -0.3 is 10.1 Å². The third kappa shape index (κ3) is 2.79. The van der Waals surface area contributed by atoms with Gasteiger partial charge in [-0.3, -0.25) is 0 Å². The first-order valence-electron chi connectivity index (χ1n) is 7.43. The summed E-state index contributed by atoms with van der Waals surface area (Å²) >= 11 is 0. The van der Waals surface area contributed by atoms with E-state index in [1.807, 2.05) is 0 Å². The largest absolute Gasteiger partial charge is 0.487 e. The van der Waals surface area contributed by atoms with E-state index in [0.29, 0.717) is 6.61 Å². The molecule has 2 nitrogen and oxygen atoms in total. The van der Waals surface area contributed by atoms with Gasteiger partial charge in [0.15, 0.2) is 0 Å². The number of aryl methyl sites for hydroxylation is 2. The Morgan fingerprint density at radius 2 is 1.85 bits per heavy atom. The van der Waals surface area contributed by atoms with Crippen molar-refractivity contribution in [3.05, 3.63) is 59.2 Å². The third-order valence-electron chi connectivity index (χ3n) is 3.86. The van der Waals surface area contributed by atoms with E-state index in [-0.39, 0.29) is 0 Å². The van der Waals surface area contributed by atoms with Crippen LogP contribution in [-0.4, -0.2) is 6.54 Å². The van der Waals surface area contributed by atoms with Crippen molar-refractivity contribution in [3.8, 4) is 5.75 Å². The van der Waals surface area contributed by atoms with Crippen LogP contribution in [0, 0.1) is 0 Å². The first-order valence-corrected chi connectivity index (χ1v) is 7.43. The van der Waals surface area contributed by atoms with Crippen LogP contribution < -0.4 is 10.1 Å². The van der Waals surface area contributed by atoms with E-state index in [1.54, 1.807) is 0 Å². The highest BCUT2D eigenvalue weighted by atomic mass is 16.5. The van der Waals surface area contributed by atoms with Crippen LogP contribution in [-0.2, 0) is 19.4 Å². The maximum absolute atomic E-state index is 6.00. The molecule has 0 atom stereocenters. The second-order valence-electron chi connectivity index (χ2n) is 5.28. The summed E-state index contributed by atoms with van der Waals surface area (Å²) in [6, 6.07) is 15.0. The lowest BCUT2D eigenvalue weighted by Crippen LogP contribution is -2.13. The Kier molecular flexibility index (Phi) is 3.91. The standard InChI is InChI=1S/C18H21NO/c1-2-14-8-10-15(11-9-14)13-20-17-7-3-5-16-6-4-12-19-18(16)17/h3,5,7-11,19H,2,4,6,12-13H2,1H3. The highest BCUT2D eigenvalue weighted by Crippen LogP contribution is 2.32. The van der Waals surface area contributed by atoms with Gasteiger partial charge in [0.25, 0.3) is 0 Å². The van der Waals surface area contributed by atoms with Crippen molar-refractivity contribution in [2.45, 2.75) is 32.8 Å². The zero-order valence-corrected chi connectivity index (χ0v) is 12.0. The SMILES string of the molecule is CCc1ccc(COc2cccc3c2NCCC3)cc1. The molecule has 20 heavy (non-hydrogen) atoms. The van der Waals surface area contributed by atoms with Gasteiger partial charge in [-0.25, -0.2) is 0 Å². The summed E-state index contributed by atoms with van der Waals surface area (Å²) in [5.41, 5.74) is 5.14. The van der Waals surface area contributed by atoms with Crippen LogP contribution in [0.15, 0.2) is 42.5 Å². The number of nitrogens with one attached hydrogen (secondary N) is 1. The molecule has 104 valence electrons. The Morgan fingerprint density at radius 1 is 1.05 bits per heavy atom. The zero-order valence-electron chi connectivity index (χ0n) is 12.0. The molecule has 3 rings (SSSR count). The Balaban J connectivity index is 1.71. The van der Waals surface area contributed by atoms with Crippen molar-refractivity contribution in [3.63, 3.8) is 0 Å². The Bertz CT molecular complexity index is 574. The Labute approximate surface area is 120 Å². The van der Waals surface area contributed by atoms with Gasteiger partial charge in [-0.05, 0) is 42.0 Å². The molecule has 0 bridgehead atoms. The fourth-order valence-electron chi connectivity index (χ4n) is 2.63. The summed E-state index contributed by atoms with van der Waals surface area (Å²) in [5, 5.41) is 3.46. The minimum Gasteiger partial charge on any atom is -0.487 e. The molecule has 0 amide bonds. The van der Waals surface area contributed by atoms with Crippen LogP contribution in [0.5, 0.6) is 5.75 Å². The maximum atomic E-state index is 6.00. The summed E-state index contributed by atoms with van der Waals surface area (Å²) in [5.74, 6) is 0.974. The molecular formula is C18H21NO. The molecule has 1 N–H and O–H groups in total. The fourth-order valence-corrected chi connectivity index (χ4v) is 2.63. The number of hydrogen-bond acceptors (Lipinski definition) is 2. The molecule has 0 saturated carbocycles. The van der Waals surface area contributed by atoms with Crippen LogP contribution in [0.2, 0.25) is 0 Å². The highest BCUT2D eigenvalue weighted by Gasteiger charge is 2.13. The number of benzene rings is 2. The van der Waals surface area contributed by atoms with Gasteiger partial charge in [0, 0.05) is 6.54 Å². The van der Waals surface area contributed by atoms with Crippen molar-refractivity contribution < 1.29 is 4.74 Å². The Hall–Kier alpha value is -1.96. The molecule has 0 radical (unpaired) electrons. The zero-order chi connectivity index (χ0) is 13.8. The van der Waals surface area contributed by atoms with E-state index in [2.05, 4.69) is 54.7 Å². The van der Waals surface area contributed by atoms with Crippen LogP contribution >= 0.6 is 0 Å².